The molecular formula is C21H26FN10O8P2+. The summed E-state index contributed by atoms with van der Waals surface area (Å²) in [7, 11) is -3.22. The first-order valence-corrected chi connectivity index (χ1v) is 14.8. The number of anilines is 2. The van der Waals surface area contributed by atoms with E-state index in [0.29, 0.717) is 11.2 Å². The molecule has 2 fully saturated rings. The van der Waals surface area contributed by atoms with Crippen LogP contribution in [0, 0.1) is 0 Å². The monoisotopic (exact) mass is 627 g/mol. The normalized spacial score (nSPS) is 29.5. The number of rotatable bonds is 5. The molecule has 0 aromatic carbocycles. The van der Waals surface area contributed by atoms with Crippen LogP contribution in [0.3, 0.4) is 0 Å². The standard InChI is InChI=1S/C21H25FN10O8P2/c1-8(31-6-27-12-16(23)25-5-26-17(12)31)37-10-3-36-42(35)40-15-14(33)11(4-41-39-9(10)2-22)38-20(15)32-7-28-13-18(32)29-21(24)30-19(13)34/h5-11,14-15,20,33,41H,2-4H2,1H3,(H4-,23,24,25,26,29,30,34)/p+1/t8-,9-,10?,11?,14?,15?,20?/m1/s1. The highest BCUT2D eigenvalue weighted by molar-refractivity contribution is 7.33. The van der Waals surface area contributed by atoms with Gasteiger partial charge in [-0.15, -0.1) is 9.05 Å². The van der Waals surface area contributed by atoms with Crippen LogP contribution in [0.5, 0.6) is 0 Å². The minimum Gasteiger partial charge on any atom is -0.387 e. The first-order valence-electron chi connectivity index (χ1n) is 12.6. The molecule has 21 heteroatoms. The van der Waals surface area contributed by atoms with Gasteiger partial charge >= 0.3 is 8.25 Å². The molecule has 2 bridgehead atoms. The van der Waals surface area contributed by atoms with Crippen molar-refractivity contribution in [2.24, 2.45) is 0 Å². The Labute approximate surface area is 237 Å². The maximum absolute atomic E-state index is 14.2. The van der Waals surface area contributed by atoms with Gasteiger partial charge in [0.1, 0.15) is 49.7 Å². The number of alkyl halides is 1. The molecule has 4 aromatic rings. The van der Waals surface area contributed by atoms with Crippen molar-refractivity contribution in [1.82, 2.24) is 39.0 Å². The summed E-state index contributed by atoms with van der Waals surface area (Å²) in [4.78, 5) is 35.1. The minimum atomic E-state index is -2.89. The highest BCUT2D eigenvalue weighted by Crippen LogP contribution is 2.42. The number of aromatic amines is 1. The molecule has 2 saturated heterocycles. The lowest BCUT2D eigenvalue weighted by atomic mass is 10.1. The second-order valence-corrected chi connectivity index (χ2v) is 11.3. The van der Waals surface area contributed by atoms with E-state index in [1.165, 1.54) is 23.5 Å². The van der Waals surface area contributed by atoms with Crippen molar-refractivity contribution in [3.05, 3.63) is 29.3 Å². The highest BCUT2D eigenvalue weighted by atomic mass is 31.1. The lowest BCUT2D eigenvalue weighted by Gasteiger charge is -2.28. The van der Waals surface area contributed by atoms with Crippen LogP contribution in [-0.4, -0.2) is 94.1 Å². The van der Waals surface area contributed by atoms with Crippen molar-refractivity contribution in [3.8, 4) is 0 Å². The van der Waals surface area contributed by atoms with Crippen LogP contribution in [0.15, 0.2) is 23.8 Å². The van der Waals surface area contributed by atoms with Crippen LogP contribution in [-0.2, 0) is 27.6 Å². The topological polar surface area (TPSA) is 243 Å². The van der Waals surface area contributed by atoms with Crippen molar-refractivity contribution in [2.75, 3.05) is 30.9 Å². The first kappa shape index (κ1) is 28.8. The smallest absolute Gasteiger partial charge is 0.387 e. The SMILES string of the molecule is C[C@@H](OC1CO[P+](=O)OC2C(O)C(CPO[C@@H]1CF)OC2n1cnc2c(=O)[nH]c(N)nc21)n1cnc2c(N)ncnc21. The lowest BCUT2D eigenvalue weighted by molar-refractivity contribution is -0.108. The average molecular weight is 627 g/mol. The summed E-state index contributed by atoms with van der Waals surface area (Å²) in [5, 5.41) is 11.0. The third kappa shape index (κ3) is 5.33. The molecule has 0 spiro atoms. The first-order chi connectivity index (χ1) is 20.2. The Morgan fingerprint density at radius 1 is 1.26 bits per heavy atom. The molecule has 7 unspecified atom stereocenters. The highest BCUT2D eigenvalue weighted by Gasteiger charge is 2.51. The van der Waals surface area contributed by atoms with Gasteiger partial charge in [-0.3, -0.25) is 18.9 Å². The molecule has 0 amide bonds. The third-order valence-corrected chi connectivity index (χ3v) is 8.64. The quantitative estimate of drug-likeness (QED) is 0.218. The number of nitrogens with two attached hydrogens (primary N) is 2. The number of fused-ring (bicyclic) bond motifs is 4. The summed E-state index contributed by atoms with van der Waals surface area (Å²) >= 11 is 0. The van der Waals surface area contributed by atoms with E-state index >= 15 is 0 Å². The Hall–Kier alpha value is -3.28. The van der Waals surface area contributed by atoms with Crippen LogP contribution >= 0.6 is 17.1 Å². The number of H-pyrrole nitrogens is 1. The zero-order valence-electron chi connectivity index (χ0n) is 21.8. The summed E-state index contributed by atoms with van der Waals surface area (Å²) in [6.45, 7) is 0.342. The van der Waals surface area contributed by atoms with Gasteiger partial charge in [0.05, 0.1) is 18.8 Å². The van der Waals surface area contributed by atoms with Crippen molar-refractivity contribution < 1.29 is 37.1 Å². The number of halogens is 1. The molecule has 2 aliphatic heterocycles. The fraction of sp³-hybridized carbons (Fsp3) is 0.524. The van der Waals surface area contributed by atoms with E-state index in [1.807, 2.05) is 0 Å². The maximum Gasteiger partial charge on any atom is 0.698 e. The Bertz CT molecular complexity index is 1670. The number of aliphatic hydroxyl groups excluding tert-OH is 1. The van der Waals surface area contributed by atoms with Gasteiger partial charge in [-0.1, -0.05) is 0 Å². The van der Waals surface area contributed by atoms with Crippen molar-refractivity contribution in [2.45, 2.75) is 49.9 Å². The number of nitrogen functional groups attached to an aromatic ring is 2. The second-order valence-electron chi connectivity index (χ2n) is 9.44. The number of imidazole rings is 2. The fourth-order valence-electron chi connectivity index (χ4n) is 4.75. The Morgan fingerprint density at radius 3 is 2.88 bits per heavy atom. The van der Waals surface area contributed by atoms with E-state index in [4.69, 9.17) is 34.5 Å². The largest absolute Gasteiger partial charge is 0.698 e. The number of hydrogen-bond acceptors (Lipinski definition) is 15. The molecule has 6 rings (SSSR count). The summed E-state index contributed by atoms with van der Waals surface area (Å²) in [5.41, 5.74) is 11.8. The molecule has 4 aromatic heterocycles. The van der Waals surface area contributed by atoms with Crippen LogP contribution in [0.4, 0.5) is 16.2 Å². The summed E-state index contributed by atoms with van der Waals surface area (Å²) < 4.78 is 59.1. The fourth-order valence-corrected chi connectivity index (χ4v) is 6.53. The van der Waals surface area contributed by atoms with Gasteiger partial charge in [0.2, 0.25) is 5.95 Å². The number of aromatic nitrogens is 8. The van der Waals surface area contributed by atoms with E-state index in [1.54, 1.807) is 11.5 Å². The zero-order chi connectivity index (χ0) is 29.5. The number of ether oxygens (including phenoxy) is 2. The molecule has 18 nitrogen and oxygen atoms in total. The third-order valence-electron chi connectivity index (χ3n) is 6.83. The summed E-state index contributed by atoms with van der Waals surface area (Å²) in [5.74, 6) is 0.0295. The maximum atomic E-state index is 14.2. The Balaban J connectivity index is 1.23. The van der Waals surface area contributed by atoms with E-state index in [0.717, 1.165) is 0 Å². The van der Waals surface area contributed by atoms with Gasteiger partial charge in [-0.25, -0.2) is 24.3 Å². The summed E-state index contributed by atoms with van der Waals surface area (Å²) in [6, 6.07) is 0. The second kappa shape index (κ2) is 11.8. The van der Waals surface area contributed by atoms with Gasteiger partial charge in [-0.2, -0.15) is 4.98 Å². The van der Waals surface area contributed by atoms with E-state index in [2.05, 4.69) is 29.9 Å². The Morgan fingerprint density at radius 2 is 2.07 bits per heavy atom. The molecule has 0 saturated carbocycles. The van der Waals surface area contributed by atoms with Gasteiger partial charge in [0.25, 0.3) is 5.56 Å². The van der Waals surface area contributed by atoms with Crippen molar-refractivity contribution in [3.63, 3.8) is 0 Å². The molecular weight excluding hydrogens is 601 g/mol. The average Bonchev–Trinajstić information content (AvgIpc) is 3.66. The zero-order valence-corrected chi connectivity index (χ0v) is 23.7. The molecule has 9 atom stereocenters. The van der Waals surface area contributed by atoms with Gasteiger partial charge < -0.3 is 30.6 Å². The van der Waals surface area contributed by atoms with Crippen molar-refractivity contribution >= 4 is 51.2 Å². The van der Waals surface area contributed by atoms with Crippen LogP contribution in [0.2, 0.25) is 0 Å². The van der Waals surface area contributed by atoms with Gasteiger partial charge in [0, 0.05) is 19.5 Å². The molecule has 42 heavy (non-hydrogen) atoms. The van der Waals surface area contributed by atoms with E-state index in [-0.39, 0.29) is 44.5 Å². The molecule has 0 aliphatic carbocycles. The summed E-state index contributed by atoms with van der Waals surface area (Å²) in [6.07, 6.45) is -3.24. The molecule has 0 radical (unpaired) electrons. The number of aliphatic hydroxyl groups is 1. The van der Waals surface area contributed by atoms with E-state index in [9.17, 15) is 18.9 Å². The molecule has 2 aliphatic rings. The number of nitrogens with zero attached hydrogens (tertiary/aromatic N) is 7. The molecule has 224 valence electrons. The van der Waals surface area contributed by atoms with Crippen molar-refractivity contribution in [1.29, 1.82) is 0 Å². The van der Waals surface area contributed by atoms with E-state index < -0.39 is 63.5 Å². The minimum absolute atomic E-state index is 0.0204. The predicted octanol–water partition coefficient (Wildman–Crippen LogP) is 0.307. The van der Waals surface area contributed by atoms with Gasteiger partial charge in [0.15, 0.2) is 35.0 Å². The molecule has 6 N–H and O–H groups in total. The van der Waals surface area contributed by atoms with Gasteiger partial charge in [-0.05, 0) is 6.92 Å². The van der Waals surface area contributed by atoms with Crippen LogP contribution in [0.1, 0.15) is 19.4 Å². The number of nitrogens with one attached hydrogen (secondary N) is 1. The predicted molar refractivity (Wildman–Crippen MR) is 144 cm³/mol. The number of hydrogen-bond donors (Lipinski definition) is 4. The lowest BCUT2D eigenvalue weighted by Crippen LogP contribution is -2.38. The van der Waals surface area contributed by atoms with Crippen LogP contribution < -0.4 is 17.0 Å². The van der Waals surface area contributed by atoms with Crippen LogP contribution in [0.25, 0.3) is 22.3 Å². The Kier molecular flexibility index (Phi) is 8.08. The molecule has 6 heterocycles.